The number of carbonyl (C=O) groups excluding carboxylic acids is 5. The topological polar surface area (TPSA) is 225 Å². The van der Waals surface area contributed by atoms with Gasteiger partial charge in [0.2, 0.25) is 29.5 Å². The zero-order valence-corrected chi connectivity index (χ0v) is 32.5. The number of aliphatic hydroxyl groups is 2. The Morgan fingerprint density at radius 1 is 0.696 bits per heavy atom. The second-order valence-corrected chi connectivity index (χ2v) is 16.8. The van der Waals surface area contributed by atoms with Crippen molar-refractivity contribution in [3.05, 3.63) is 0 Å². The predicted octanol–water partition coefficient (Wildman–Crippen LogP) is 2.02. The van der Waals surface area contributed by atoms with Gasteiger partial charge in [0.15, 0.2) is 0 Å². The van der Waals surface area contributed by atoms with Crippen molar-refractivity contribution in [3.63, 3.8) is 0 Å². The van der Waals surface area contributed by atoms with E-state index < -0.39 is 28.8 Å². The fourth-order valence-electron chi connectivity index (χ4n) is 9.10. The Morgan fingerprint density at radius 2 is 1.12 bits per heavy atom. The van der Waals surface area contributed by atoms with Gasteiger partial charge in [-0.15, -0.1) is 0 Å². The molecule has 316 valence electrons. The summed E-state index contributed by atoms with van der Waals surface area (Å²) in [7, 11) is 0. The van der Waals surface area contributed by atoms with Gasteiger partial charge < -0.3 is 45.9 Å². The Hall–Kier alpha value is -3.32. The van der Waals surface area contributed by atoms with E-state index in [-0.39, 0.29) is 68.9 Å². The Bertz CT molecular complexity index is 1370. The minimum atomic E-state index is -1.15. The molecule has 0 spiro atoms. The summed E-state index contributed by atoms with van der Waals surface area (Å²) < 4.78 is 10.6. The lowest BCUT2D eigenvalue weighted by Gasteiger charge is -2.30. The summed E-state index contributed by atoms with van der Waals surface area (Å²) in [6.45, 7) is 4.08. The van der Waals surface area contributed by atoms with Crippen LogP contribution in [0.1, 0.15) is 110 Å². The van der Waals surface area contributed by atoms with Gasteiger partial charge in [-0.3, -0.25) is 24.0 Å². The number of nitriles is 1. The first kappa shape index (κ1) is 45.4. The fraction of sp³-hybridized carbons (Fsp3) is 0.854. The third-order valence-corrected chi connectivity index (χ3v) is 13.0. The molecule has 0 aromatic rings. The fourth-order valence-corrected chi connectivity index (χ4v) is 9.10. The summed E-state index contributed by atoms with van der Waals surface area (Å²) in [6, 6.07) is 2.16. The van der Waals surface area contributed by atoms with Gasteiger partial charge in [-0.05, 0) is 37.5 Å². The van der Waals surface area contributed by atoms with E-state index in [0.29, 0.717) is 90.1 Å². The van der Waals surface area contributed by atoms with E-state index in [0.717, 1.165) is 38.5 Å². The minimum Gasteiger partial charge on any atom is -0.396 e. The van der Waals surface area contributed by atoms with E-state index in [9.17, 15) is 39.4 Å². The van der Waals surface area contributed by atoms with E-state index in [2.05, 4.69) is 16.7 Å². The van der Waals surface area contributed by atoms with Crippen LogP contribution in [-0.4, -0.2) is 126 Å². The van der Waals surface area contributed by atoms with Crippen LogP contribution in [0.15, 0.2) is 0 Å². The maximum Gasteiger partial charge on any atom is 0.243 e. The van der Waals surface area contributed by atoms with Crippen LogP contribution in [-0.2, 0) is 33.4 Å². The third-order valence-electron chi connectivity index (χ3n) is 13.0. The molecule has 15 nitrogen and oxygen atoms in total. The smallest absolute Gasteiger partial charge is 0.243 e. The van der Waals surface area contributed by atoms with Crippen LogP contribution >= 0.6 is 0 Å². The molecule has 0 bridgehead atoms. The van der Waals surface area contributed by atoms with E-state index >= 15 is 0 Å². The molecule has 2 saturated heterocycles. The van der Waals surface area contributed by atoms with Crippen LogP contribution in [0.5, 0.6) is 0 Å². The Morgan fingerprint density at radius 3 is 1.48 bits per heavy atom. The largest absolute Gasteiger partial charge is 0.396 e. The van der Waals surface area contributed by atoms with Gasteiger partial charge in [-0.1, -0.05) is 71.6 Å². The van der Waals surface area contributed by atoms with Gasteiger partial charge >= 0.3 is 0 Å². The lowest BCUT2D eigenvalue weighted by molar-refractivity contribution is -0.140. The molecular weight excluding hydrogens is 720 g/mol. The molecule has 6 N–H and O–H groups in total. The quantitative estimate of drug-likeness (QED) is 0.162. The SMILES string of the molecule is C.N#CC1(NC(=O)C(CC(=O)N2CCOCC2)CC2CCCCC2)CC1CO.NC(=O)C1(NC(=O)C(CC(=O)N2CCOCC2)CC2CCCCC2)CC1CO. The Kier molecular flexibility index (Phi) is 17.4. The normalized spacial score (nSPS) is 28.9. The second-order valence-electron chi connectivity index (χ2n) is 16.8. The summed E-state index contributed by atoms with van der Waals surface area (Å²) >= 11 is 0. The number of morpholine rings is 2. The molecule has 6 unspecified atom stereocenters. The van der Waals surface area contributed by atoms with E-state index in [4.69, 9.17) is 15.2 Å². The zero-order chi connectivity index (χ0) is 39.4. The molecule has 2 heterocycles. The first-order chi connectivity index (χ1) is 26.5. The van der Waals surface area contributed by atoms with Crippen LogP contribution in [0.4, 0.5) is 0 Å². The highest BCUT2D eigenvalue weighted by Crippen LogP contribution is 2.44. The highest BCUT2D eigenvalue weighted by atomic mass is 16.5. The highest BCUT2D eigenvalue weighted by Gasteiger charge is 2.60. The summed E-state index contributed by atoms with van der Waals surface area (Å²) in [4.78, 5) is 66.9. The minimum absolute atomic E-state index is 0. The molecule has 6 fully saturated rings. The number of ether oxygens (including phenoxy) is 2. The molecule has 0 aromatic carbocycles. The number of amides is 5. The van der Waals surface area contributed by atoms with Crippen molar-refractivity contribution < 1.29 is 43.7 Å². The highest BCUT2D eigenvalue weighted by molar-refractivity contribution is 5.95. The van der Waals surface area contributed by atoms with Crippen LogP contribution in [0.25, 0.3) is 0 Å². The molecule has 5 amide bonds. The number of nitrogens with two attached hydrogens (primary N) is 1. The van der Waals surface area contributed by atoms with Crippen molar-refractivity contribution in [1.29, 1.82) is 5.26 Å². The first-order valence-corrected chi connectivity index (χ1v) is 20.8. The molecule has 56 heavy (non-hydrogen) atoms. The summed E-state index contributed by atoms with van der Waals surface area (Å²) in [5.41, 5.74) is 3.40. The van der Waals surface area contributed by atoms with Gasteiger partial charge in [-0.25, -0.2) is 0 Å². The standard InChI is InChI=1S/C20H33N3O5.C20H31N3O4.CH4/c21-19(27)20(12-16(20)13-24)22-18(26)15(10-14-4-2-1-3-5-14)11-17(25)23-6-8-28-9-7-23;21-14-20(12-17(20)13-24)22-19(26)16(10-15-4-2-1-3-5-15)11-18(25)23-6-8-27-9-7-23;/h14-16,24H,1-13H2,(H2,21,27)(H,22,26);15-17,24H,1-13H2,(H,22,26);1H4. The monoisotopic (exact) mass is 789 g/mol. The average Bonchev–Trinajstić information content (AvgIpc) is 4.13. The van der Waals surface area contributed by atoms with Crippen LogP contribution in [0.3, 0.4) is 0 Å². The van der Waals surface area contributed by atoms with Crippen molar-refractivity contribution in [2.45, 2.75) is 121 Å². The molecule has 2 aliphatic heterocycles. The average molecular weight is 789 g/mol. The van der Waals surface area contributed by atoms with Crippen molar-refractivity contribution in [1.82, 2.24) is 20.4 Å². The van der Waals surface area contributed by atoms with Crippen LogP contribution in [0, 0.1) is 46.8 Å². The molecule has 4 saturated carbocycles. The molecule has 6 aliphatic rings. The number of rotatable bonds is 15. The number of carbonyl (C=O) groups is 5. The lowest BCUT2D eigenvalue weighted by Crippen LogP contribution is -2.51. The zero-order valence-electron chi connectivity index (χ0n) is 32.5. The van der Waals surface area contributed by atoms with Crippen molar-refractivity contribution in [3.8, 4) is 6.07 Å². The van der Waals surface area contributed by atoms with Gasteiger partial charge in [0.1, 0.15) is 11.1 Å². The first-order valence-electron chi connectivity index (χ1n) is 20.8. The number of nitrogens with zero attached hydrogens (tertiary/aromatic N) is 3. The van der Waals surface area contributed by atoms with E-state index in [1.807, 2.05) is 0 Å². The van der Waals surface area contributed by atoms with Crippen LogP contribution in [0.2, 0.25) is 0 Å². The molecule has 15 heteroatoms. The third kappa shape index (κ3) is 12.1. The number of nitrogens with one attached hydrogen (secondary N) is 2. The maximum atomic E-state index is 13.1. The lowest BCUT2D eigenvalue weighted by atomic mass is 9.81. The van der Waals surface area contributed by atoms with Crippen LogP contribution < -0.4 is 16.4 Å². The van der Waals surface area contributed by atoms with Gasteiger partial charge in [0, 0.05) is 75.9 Å². The predicted molar refractivity (Wildman–Crippen MR) is 207 cm³/mol. The number of primary amides is 1. The number of hydrogen-bond acceptors (Lipinski definition) is 10. The molecule has 4 aliphatic carbocycles. The molecule has 0 aromatic heterocycles. The summed E-state index contributed by atoms with van der Waals surface area (Å²) in [5, 5.41) is 33.8. The molecule has 6 atom stereocenters. The van der Waals surface area contributed by atoms with E-state index in [1.165, 1.54) is 25.7 Å². The van der Waals surface area contributed by atoms with Gasteiger partial charge in [0.25, 0.3) is 0 Å². The number of hydrogen-bond donors (Lipinski definition) is 5. The summed E-state index contributed by atoms with van der Waals surface area (Å²) in [5.74, 6) is -1.68. The van der Waals surface area contributed by atoms with Crippen molar-refractivity contribution in [2.75, 3.05) is 65.8 Å². The number of aliphatic hydroxyl groups excluding tert-OH is 2. The second kappa shape index (κ2) is 21.4. The maximum absolute atomic E-state index is 13.1. The van der Waals surface area contributed by atoms with E-state index in [1.54, 1.807) is 9.80 Å². The van der Waals surface area contributed by atoms with Gasteiger partial charge in [0.05, 0.1) is 32.5 Å². The molecular formula is C41H68N6O9. The molecule has 0 radical (unpaired) electrons. The summed E-state index contributed by atoms with van der Waals surface area (Å²) in [6.07, 6.45) is 14.1. The van der Waals surface area contributed by atoms with Crippen molar-refractivity contribution in [2.24, 2.45) is 41.2 Å². The Labute approximate surface area is 332 Å². The van der Waals surface area contributed by atoms with Crippen molar-refractivity contribution >= 4 is 29.5 Å². The van der Waals surface area contributed by atoms with Gasteiger partial charge in [-0.2, -0.15) is 5.26 Å². The Balaban J connectivity index is 0.000000244. The molecule has 6 rings (SSSR count).